The second kappa shape index (κ2) is 14.5. The number of hydrogen-bond donors (Lipinski definition) is 2. The van der Waals surface area contributed by atoms with E-state index in [-0.39, 0.29) is 23.7 Å². The monoisotopic (exact) mass is 642 g/mol. The number of carbonyl (C=O) groups excluding carboxylic acids is 1. The maximum Gasteiger partial charge on any atom is 0.245 e. The Morgan fingerprint density at radius 3 is 2.51 bits per heavy atom. The summed E-state index contributed by atoms with van der Waals surface area (Å²) in [5, 5.41) is 6.80. The Morgan fingerprint density at radius 2 is 1.81 bits per heavy atom. The van der Waals surface area contributed by atoms with Crippen LogP contribution in [0.4, 0.5) is 21.7 Å². The zero-order valence-electron chi connectivity index (χ0n) is 27.3. The van der Waals surface area contributed by atoms with Gasteiger partial charge in [0.25, 0.3) is 0 Å². The number of pyridine rings is 1. The van der Waals surface area contributed by atoms with E-state index in [9.17, 15) is 4.79 Å². The first kappa shape index (κ1) is 32.4. The largest absolute Gasteiger partial charge is 0.457 e. The van der Waals surface area contributed by atoms with E-state index < -0.39 is 5.82 Å². The average molecular weight is 643 g/mol. The minimum absolute atomic E-state index is 0.0401. The van der Waals surface area contributed by atoms with Crippen molar-refractivity contribution in [3.63, 3.8) is 0 Å². The Bertz CT molecular complexity index is 1620. The quantitative estimate of drug-likeness (QED) is 0.301. The highest BCUT2D eigenvalue weighted by molar-refractivity contribution is 5.87. The number of nitrogens with zero attached hydrogens (tertiary/aromatic N) is 6. The van der Waals surface area contributed by atoms with Gasteiger partial charge >= 0.3 is 0 Å². The number of methoxy groups -OCH3 is 1. The number of fused-ring (bicyclic) bond motifs is 1. The number of halogens is 1. The van der Waals surface area contributed by atoms with E-state index in [0.717, 1.165) is 61.5 Å². The summed E-state index contributed by atoms with van der Waals surface area (Å²) in [6.45, 7) is 6.78. The summed E-state index contributed by atoms with van der Waals surface area (Å²) in [6.07, 6.45) is 10.7. The van der Waals surface area contributed by atoms with E-state index in [1.54, 1.807) is 31.5 Å². The molecule has 2 aromatic heterocycles. The molecule has 0 saturated carbocycles. The van der Waals surface area contributed by atoms with Crippen molar-refractivity contribution in [2.45, 2.75) is 50.3 Å². The van der Waals surface area contributed by atoms with Crippen molar-refractivity contribution in [3.05, 3.63) is 78.3 Å². The van der Waals surface area contributed by atoms with Crippen LogP contribution in [0.1, 0.15) is 36.9 Å². The Hall–Kier alpha value is -4.55. The number of anilines is 3. The fourth-order valence-electron chi connectivity index (χ4n) is 6.51. The van der Waals surface area contributed by atoms with Crippen molar-refractivity contribution in [3.8, 4) is 11.5 Å². The standard InChI is InChI=1S/C35H43FN8O3/c1-5-34(45)44-14-9-23(10-15-44)40-31-20-27-30(21-32(31)46-4)38-22-39-35(27)41-29-7-6-25(18-28(29)36)47-26-8-13-37-33(19-26)43-16-11-24(12-17-43)42(2)3/h5-8,13,18-20,22-24,32,40H,1,9-12,14-17,21H2,2-4H3,(H,38,39,41). The highest BCUT2D eigenvalue weighted by Gasteiger charge is 2.29. The number of amides is 1. The zero-order valence-corrected chi connectivity index (χ0v) is 27.3. The van der Waals surface area contributed by atoms with Gasteiger partial charge in [-0.3, -0.25) is 4.79 Å². The first-order valence-electron chi connectivity index (χ1n) is 16.2. The number of hydrogen-bond acceptors (Lipinski definition) is 10. The number of piperidine rings is 2. The molecule has 2 N–H and O–H groups in total. The van der Waals surface area contributed by atoms with Crippen molar-refractivity contribution in [2.75, 3.05) is 57.6 Å². The lowest BCUT2D eigenvalue weighted by Crippen LogP contribution is -2.46. The molecule has 1 atom stereocenters. The van der Waals surface area contributed by atoms with Crippen molar-refractivity contribution in [2.24, 2.45) is 0 Å². The molecule has 0 spiro atoms. The van der Waals surface area contributed by atoms with Crippen LogP contribution >= 0.6 is 0 Å². The van der Waals surface area contributed by atoms with Crippen LogP contribution in [0.15, 0.2) is 61.2 Å². The van der Waals surface area contributed by atoms with Gasteiger partial charge in [-0.25, -0.2) is 19.3 Å². The fourth-order valence-corrected chi connectivity index (χ4v) is 6.51. The van der Waals surface area contributed by atoms with Crippen LogP contribution < -0.4 is 20.3 Å². The van der Waals surface area contributed by atoms with E-state index in [1.807, 2.05) is 17.0 Å². The fraction of sp³-hybridized carbons (Fsp3) is 0.429. The van der Waals surface area contributed by atoms with Gasteiger partial charge in [-0.05, 0) is 70.1 Å². The maximum absolute atomic E-state index is 15.5. The molecule has 1 aromatic carbocycles. The zero-order chi connectivity index (χ0) is 32.9. The normalized spacial score (nSPS) is 18.8. The molecule has 1 unspecified atom stereocenters. The summed E-state index contributed by atoms with van der Waals surface area (Å²) >= 11 is 0. The second-order valence-corrected chi connectivity index (χ2v) is 12.5. The van der Waals surface area contributed by atoms with Crippen molar-refractivity contribution in [1.82, 2.24) is 30.1 Å². The van der Waals surface area contributed by atoms with Crippen LogP contribution in [0.25, 0.3) is 6.08 Å². The number of ether oxygens (including phenoxy) is 2. The van der Waals surface area contributed by atoms with Gasteiger partial charge < -0.3 is 34.8 Å². The molecule has 4 heterocycles. The smallest absolute Gasteiger partial charge is 0.245 e. The van der Waals surface area contributed by atoms with Crippen LogP contribution in [-0.2, 0) is 16.0 Å². The van der Waals surface area contributed by atoms with Gasteiger partial charge in [-0.2, -0.15) is 0 Å². The van der Waals surface area contributed by atoms with Gasteiger partial charge in [0.05, 0.1) is 11.4 Å². The number of benzene rings is 1. The minimum atomic E-state index is -0.469. The Balaban J connectivity index is 1.13. The molecule has 1 amide bonds. The molecular formula is C35H43FN8O3. The number of nitrogens with one attached hydrogen (secondary N) is 2. The Kier molecular flexibility index (Phi) is 9.98. The average Bonchev–Trinajstić information content (AvgIpc) is 3.09. The highest BCUT2D eigenvalue weighted by Crippen LogP contribution is 2.33. The van der Waals surface area contributed by atoms with Crippen molar-refractivity contribution in [1.29, 1.82) is 0 Å². The van der Waals surface area contributed by atoms with E-state index in [4.69, 9.17) is 9.47 Å². The molecule has 6 rings (SSSR count). The minimum Gasteiger partial charge on any atom is -0.457 e. The summed E-state index contributed by atoms with van der Waals surface area (Å²) in [7, 11) is 5.93. The number of likely N-dealkylation sites (tertiary alicyclic amines) is 1. The molecule has 0 bridgehead atoms. The van der Waals surface area contributed by atoms with Crippen LogP contribution in [0.2, 0.25) is 0 Å². The van der Waals surface area contributed by atoms with Gasteiger partial charge in [0, 0.05) is 81.4 Å². The van der Waals surface area contributed by atoms with Crippen LogP contribution in [0.3, 0.4) is 0 Å². The second-order valence-electron chi connectivity index (χ2n) is 12.5. The number of rotatable bonds is 10. The van der Waals surface area contributed by atoms with E-state index in [0.29, 0.717) is 42.9 Å². The van der Waals surface area contributed by atoms with E-state index >= 15 is 4.39 Å². The van der Waals surface area contributed by atoms with E-state index in [1.165, 1.54) is 18.5 Å². The lowest BCUT2D eigenvalue weighted by Gasteiger charge is -2.35. The SMILES string of the molecule is C=CC(=O)N1CCC(NC2=Cc3c(ncnc3Nc3ccc(Oc4ccnc(N5CCC(N(C)C)CC5)c4)cc3F)CC2OC)CC1. The lowest BCUT2D eigenvalue weighted by atomic mass is 9.96. The van der Waals surface area contributed by atoms with Crippen molar-refractivity contribution >= 4 is 29.3 Å². The molecule has 2 fully saturated rings. The topological polar surface area (TPSA) is 108 Å². The van der Waals surface area contributed by atoms with Gasteiger partial charge in [-0.1, -0.05) is 6.58 Å². The summed E-state index contributed by atoms with van der Waals surface area (Å²) in [5.41, 5.74) is 2.77. The summed E-state index contributed by atoms with van der Waals surface area (Å²) < 4.78 is 27.3. The first-order chi connectivity index (χ1) is 22.8. The molecule has 0 radical (unpaired) electrons. The molecule has 12 heteroatoms. The molecule has 3 aliphatic rings. The van der Waals surface area contributed by atoms with E-state index in [2.05, 4.69) is 56.1 Å². The Morgan fingerprint density at radius 1 is 1.04 bits per heavy atom. The summed E-state index contributed by atoms with van der Waals surface area (Å²) in [5.74, 6) is 1.84. The van der Waals surface area contributed by atoms with Gasteiger partial charge in [0.2, 0.25) is 5.91 Å². The van der Waals surface area contributed by atoms with Crippen LogP contribution in [-0.4, -0.2) is 96.2 Å². The third kappa shape index (κ3) is 7.55. The third-order valence-corrected chi connectivity index (χ3v) is 9.29. The Labute approximate surface area is 275 Å². The van der Waals surface area contributed by atoms with Crippen LogP contribution in [0, 0.1) is 5.82 Å². The molecule has 47 heavy (non-hydrogen) atoms. The molecular weight excluding hydrogens is 599 g/mol. The maximum atomic E-state index is 15.5. The molecule has 2 aliphatic heterocycles. The number of carbonyl (C=O) groups is 1. The van der Waals surface area contributed by atoms with Gasteiger partial charge in [-0.15, -0.1) is 0 Å². The van der Waals surface area contributed by atoms with Gasteiger partial charge in [0.1, 0.15) is 41.4 Å². The number of aromatic nitrogens is 3. The molecule has 11 nitrogen and oxygen atoms in total. The van der Waals surface area contributed by atoms with Crippen molar-refractivity contribution < 1.29 is 18.7 Å². The third-order valence-electron chi connectivity index (χ3n) is 9.29. The molecule has 3 aromatic rings. The van der Waals surface area contributed by atoms with Crippen LogP contribution in [0.5, 0.6) is 11.5 Å². The highest BCUT2D eigenvalue weighted by atomic mass is 19.1. The lowest BCUT2D eigenvalue weighted by molar-refractivity contribution is -0.127. The summed E-state index contributed by atoms with van der Waals surface area (Å²) in [4.78, 5) is 31.9. The molecule has 1 aliphatic carbocycles. The molecule has 248 valence electrons. The predicted octanol–water partition coefficient (Wildman–Crippen LogP) is 4.76. The predicted molar refractivity (Wildman–Crippen MR) is 180 cm³/mol. The summed E-state index contributed by atoms with van der Waals surface area (Å²) in [6, 6.07) is 9.20. The van der Waals surface area contributed by atoms with Gasteiger partial charge in [0.15, 0.2) is 0 Å². The first-order valence-corrected chi connectivity index (χ1v) is 16.2. The molecule has 2 saturated heterocycles.